The predicted octanol–water partition coefficient (Wildman–Crippen LogP) is 2.83. The first-order valence-electron chi connectivity index (χ1n) is 9.71. The molecular formula is C21H27N3O4. The summed E-state index contributed by atoms with van der Waals surface area (Å²) in [6, 6.07) is 10.5. The quantitative estimate of drug-likeness (QED) is 0.683. The van der Waals surface area contributed by atoms with Gasteiger partial charge in [-0.1, -0.05) is 12.1 Å². The van der Waals surface area contributed by atoms with Gasteiger partial charge < -0.3 is 25.1 Å². The summed E-state index contributed by atoms with van der Waals surface area (Å²) in [5, 5.41) is 16.0. The highest BCUT2D eigenvalue weighted by molar-refractivity contribution is 5.94. The Bertz CT molecular complexity index is 773. The van der Waals surface area contributed by atoms with Gasteiger partial charge in [0.25, 0.3) is 5.91 Å². The van der Waals surface area contributed by atoms with Crippen LogP contribution in [-0.2, 0) is 6.54 Å². The third-order valence-corrected chi connectivity index (χ3v) is 5.00. The summed E-state index contributed by atoms with van der Waals surface area (Å²) in [6.07, 6.45) is 3.07. The molecule has 0 aliphatic carbocycles. The monoisotopic (exact) mass is 385 g/mol. The van der Waals surface area contributed by atoms with Crippen molar-refractivity contribution in [2.45, 2.75) is 44.9 Å². The molecular weight excluding hydrogens is 358 g/mol. The van der Waals surface area contributed by atoms with Crippen molar-refractivity contribution in [3.8, 4) is 0 Å². The van der Waals surface area contributed by atoms with Gasteiger partial charge in [-0.15, -0.1) is 0 Å². The smallest absolute Gasteiger partial charge is 0.317 e. The molecule has 1 aliphatic heterocycles. The molecule has 1 aromatic carbocycles. The van der Waals surface area contributed by atoms with Crippen LogP contribution in [0.25, 0.3) is 0 Å². The van der Waals surface area contributed by atoms with E-state index < -0.39 is 6.10 Å². The number of nitrogens with zero attached hydrogens (tertiary/aromatic N) is 1. The largest absolute Gasteiger partial charge is 0.467 e. The summed E-state index contributed by atoms with van der Waals surface area (Å²) in [5.41, 5.74) is 1.52. The summed E-state index contributed by atoms with van der Waals surface area (Å²) >= 11 is 0. The highest BCUT2D eigenvalue weighted by Crippen LogP contribution is 2.27. The zero-order chi connectivity index (χ0) is 19.9. The van der Waals surface area contributed by atoms with Crippen LogP contribution in [0.15, 0.2) is 47.1 Å². The minimum Gasteiger partial charge on any atom is -0.467 e. The topological polar surface area (TPSA) is 94.8 Å². The molecule has 150 valence electrons. The van der Waals surface area contributed by atoms with Crippen molar-refractivity contribution >= 4 is 11.9 Å². The summed E-state index contributed by atoms with van der Waals surface area (Å²) < 4.78 is 5.25. The Morgan fingerprint density at radius 2 is 2.04 bits per heavy atom. The Balaban J connectivity index is 1.51. The Morgan fingerprint density at radius 1 is 1.25 bits per heavy atom. The molecule has 3 rings (SSSR count). The second kappa shape index (κ2) is 9.41. The Kier molecular flexibility index (Phi) is 6.71. The van der Waals surface area contributed by atoms with E-state index in [4.69, 9.17) is 4.42 Å². The fourth-order valence-corrected chi connectivity index (χ4v) is 3.52. The van der Waals surface area contributed by atoms with Crippen molar-refractivity contribution in [1.29, 1.82) is 0 Å². The molecule has 0 saturated carbocycles. The molecule has 1 aliphatic rings. The van der Waals surface area contributed by atoms with Gasteiger partial charge in [-0.05, 0) is 49.6 Å². The van der Waals surface area contributed by atoms with Crippen molar-refractivity contribution in [2.75, 3.05) is 13.1 Å². The van der Waals surface area contributed by atoms with Crippen LogP contribution in [0.3, 0.4) is 0 Å². The van der Waals surface area contributed by atoms with E-state index in [1.165, 1.54) is 6.26 Å². The van der Waals surface area contributed by atoms with Crippen LogP contribution < -0.4 is 10.6 Å². The van der Waals surface area contributed by atoms with Gasteiger partial charge in [-0.2, -0.15) is 0 Å². The van der Waals surface area contributed by atoms with Crippen LogP contribution in [0.4, 0.5) is 4.79 Å². The molecule has 1 fully saturated rings. The number of amides is 3. The summed E-state index contributed by atoms with van der Waals surface area (Å²) in [6.45, 7) is 3.53. The molecule has 2 unspecified atom stereocenters. The van der Waals surface area contributed by atoms with Gasteiger partial charge in [0, 0.05) is 37.7 Å². The lowest BCUT2D eigenvalue weighted by molar-refractivity contribution is 0.0955. The first kappa shape index (κ1) is 19.9. The molecule has 2 aromatic rings. The third-order valence-electron chi connectivity index (χ3n) is 5.00. The molecule has 1 saturated heterocycles. The molecule has 7 nitrogen and oxygen atoms in total. The summed E-state index contributed by atoms with van der Waals surface area (Å²) in [5.74, 6) is 0.424. The zero-order valence-electron chi connectivity index (χ0n) is 16.1. The maximum Gasteiger partial charge on any atom is 0.317 e. The molecule has 3 amide bonds. The standard InChI is InChI=1S/C21H27N3O4/c1-2-22-20(26)16-9-7-15(8-10-16)14-23-21(27)24-11-3-5-17(24)13-18(25)19-6-4-12-28-19/h4,6-10,12,17-18,25H,2-3,5,11,13-14H2,1H3,(H,22,26)(H,23,27). The molecule has 1 aromatic heterocycles. The zero-order valence-corrected chi connectivity index (χ0v) is 16.1. The maximum absolute atomic E-state index is 12.6. The van der Waals surface area contributed by atoms with Gasteiger partial charge in [-0.25, -0.2) is 4.79 Å². The van der Waals surface area contributed by atoms with Gasteiger partial charge in [-0.3, -0.25) is 4.79 Å². The van der Waals surface area contributed by atoms with Crippen LogP contribution >= 0.6 is 0 Å². The fourth-order valence-electron chi connectivity index (χ4n) is 3.52. The number of benzene rings is 1. The number of rotatable bonds is 7. The molecule has 0 bridgehead atoms. The van der Waals surface area contributed by atoms with E-state index in [9.17, 15) is 14.7 Å². The van der Waals surface area contributed by atoms with E-state index in [0.29, 0.717) is 37.4 Å². The number of hydrogen-bond acceptors (Lipinski definition) is 4. The SMILES string of the molecule is CCNC(=O)c1ccc(CNC(=O)N2CCCC2CC(O)c2ccco2)cc1. The minimum absolute atomic E-state index is 0.0137. The highest BCUT2D eigenvalue weighted by atomic mass is 16.4. The van der Waals surface area contributed by atoms with Gasteiger partial charge in [0.05, 0.1) is 6.26 Å². The number of furan rings is 1. The van der Waals surface area contributed by atoms with Crippen LogP contribution in [0.1, 0.15) is 54.0 Å². The summed E-state index contributed by atoms with van der Waals surface area (Å²) in [4.78, 5) is 26.2. The van der Waals surface area contributed by atoms with Crippen molar-refractivity contribution in [3.05, 3.63) is 59.5 Å². The third kappa shape index (κ3) is 4.92. The number of likely N-dealkylation sites (tertiary alicyclic amines) is 1. The number of aliphatic hydroxyl groups is 1. The molecule has 28 heavy (non-hydrogen) atoms. The highest BCUT2D eigenvalue weighted by Gasteiger charge is 2.31. The van der Waals surface area contributed by atoms with E-state index in [1.54, 1.807) is 29.2 Å². The minimum atomic E-state index is -0.713. The van der Waals surface area contributed by atoms with Crippen molar-refractivity contribution in [2.24, 2.45) is 0 Å². The second-order valence-corrected chi connectivity index (χ2v) is 6.97. The van der Waals surface area contributed by atoms with Crippen LogP contribution in [0.2, 0.25) is 0 Å². The first-order chi connectivity index (χ1) is 13.6. The first-order valence-corrected chi connectivity index (χ1v) is 9.71. The maximum atomic E-state index is 12.6. The van der Waals surface area contributed by atoms with E-state index in [1.807, 2.05) is 19.1 Å². The predicted molar refractivity (Wildman–Crippen MR) is 105 cm³/mol. The van der Waals surface area contributed by atoms with Gasteiger partial charge in [0.2, 0.25) is 0 Å². The number of carbonyl (C=O) groups is 2. The molecule has 7 heteroatoms. The lowest BCUT2D eigenvalue weighted by Crippen LogP contribution is -2.43. The van der Waals surface area contributed by atoms with Crippen molar-refractivity contribution < 1.29 is 19.1 Å². The van der Waals surface area contributed by atoms with E-state index in [0.717, 1.165) is 18.4 Å². The van der Waals surface area contributed by atoms with Crippen molar-refractivity contribution in [1.82, 2.24) is 15.5 Å². The summed E-state index contributed by atoms with van der Waals surface area (Å²) in [7, 11) is 0. The fraction of sp³-hybridized carbons (Fsp3) is 0.429. The van der Waals surface area contributed by atoms with Crippen molar-refractivity contribution in [3.63, 3.8) is 0 Å². The number of hydrogen-bond donors (Lipinski definition) is 3. The second-order valence-electron chi connectivity index (χ2n) is 6.97. The lowest BCUT2D eigenvalue weighted by Gasteiger charge is -2.26. The average molecular weight is 385 g/mol. The van der Waals surface area contributed by atoms with Gasteiger partial charge >= 0.3 is 6.03 Å². The number of urea groups is 1. The van der Waals surface area contributed by atoms with E-state index in [-0.39, 0.29) is 18.0 Å². The van der Waals surface area contributed by atoms with E-state index in [2.05, 4.69) is 10.6 Å². The van der Waals surface area contributed by atoms with Gasteiger partial charge in [0.15, 0.2) is 0 Å². The molecule has 2 atom stereocenters. The van der Waals surface area contributed by atoms with E-state index >= 15 is 0 Å². The van der Waals surface area contributed by atoms with Gasteiger partial charge in [0.1, 0.15) is 11.9 Å². The molecule has 3 N–H and O–H groups in total. The van der Waals surface area contributed by atoms with Crippen LogP contribution in [0, 0.1) is 0 Å². The molecule has 0 spiro atoms. The molecule has 0 radical (unpaired) electrons. The number of carbonyl (C=O) groups excluding carboxylic acids is 2. The number of aliphatic hydroxyl groups excluding tert-OH is 1. The van der Waals surface area contributed by atoms with Crippen LogP contribution in [0.5, 0.6) is 0 Å². The Hall–Kier alpha value is -2.80. The Labute approximate surface area is 164 Å². The molecule has 2 heterocycles. The Morgan fingerprint density at radius 3 is 2.71 bits per heavy atom. The average Bonchev–Trinajstić information content (AvgIpc) is 3.39. The number of nitrogens with one attached hydrogen (secondary N) is 2. The lowest BCUT2D eigenvalue weighted by atomic mass is 10.1. The van der Waals surface area contributed by atoms with Crippen LogP contribution in [-0.4, -0.2) is 41.1 Å². The normalized spacial score (nSPS) is 17.4.